The van der Waals surface area contributed by atoms with Crippen LogP contribution in [0.4, 0.5) is 0 Å². The van der Waals surface area contributed by atoms with E-state index in [1.54, 1.807) is 0 Å². The number of sulfonamides is 1. The topological polar surface area (TPSA) is 58.2 Å². The summed E-state index contributed by atoms with van der Waals surface area (Å²) in [7, 11) is -3.11. The van der Waals surface area contributed by atoms with Crippen molar-refractivity contribution in [2.24, 2.45) is 17.8 Å². The number of piperidine rings is 1. The largest absolute Gasteiger partial charge is 0.316 e. The molecule has 0 aromatic heterocycles. The zero-order valence-corrected chi connectivity index (χ0v) is 12.3. The predicted molar refractivity (Wildman–Crippen MR) is 73.9 cm³/mol. The van der Waals surface area contributed by atoms with Gasteiger partial charge in [0.2, 0.25) is 10.0 Å². The van der Waals surface area contributed by atoms with Gasteiger partial charge in [0.15, 0.2) is 0 Å². The van der Waals surface area contributed by atoms with Crippen LogP contribution in [-0.2, 0) is 10.0 Å². The first-order chi connectivity index (χ1) is 8.48. The molecule has 2 aliphatic rings. The van der Waals surface area contributed by atoms with Gasteiger partial charge < -0.3 is 5.32 Å². The second kappa shape index (κ2) is 5.88. The van der Waals surface area contributed by atoms with Crippen molar-refractivity contribution in [3.8, 4) is 0 Å². The van der Waals surface area contributed by atoms with Crippen molar-refractivity contribution in [2.75, 3.05) is 18.8 Å². The van der Waals surface area contributed by atoms with Crippen LogP contribution < -0.4 is 10.0 Å². The van der Waals surface area contributed by atoms with E-state index in [2.05, 4.69) is 23.9 Å². The van der Waals surface area contributed by atoms with Crippen LogP contribution in [0.15, 0.2) is 0 Å². The molecule has 1 heterocycles. The van der Waals surface area contributed by atoms with E-state index in [0.717, 1.165) is 38.8 Å². The summed E-state index contributed by atoms with van der Waals surface area (Å²) in [6, 6.07) is 0.154. The number of nitrogens with one attached hydrogen (secondary N) is 2. The van der Waals surface area contributed by atoms with E-state index < -0.39 is 10.0 Å². The minimum atomic E-state index is -3.11. The summed E-state index contributed by atoms with van der Waals surface area (Å²) in [5.41, 5.74) is 0. The molecule has 2 fully saturated rings. The molecule has 1 aliphatic heterocycles. The van der Waals surface area contributed by atoms with Gasteiger partial charge in [0.25, 0.3) is 0 Å². The zero-order valence-electron chi connectivity index (χ0n) is 11.5. The van der Waals surface area contributed by atoms with E-state index in [9.17, 15) is 8.42 Å². The molecule has 18 heavy (non-hydrogen) atoms. The molecule has 1 saturated carbocycles. The maximum atomic E-state index is 12.2. The Morgan fingerprint density at radius 3 is 2.56 bits per heavy atom. The molecule has 4 unspecified atom stereocenters. The molecule has 0 aromatic carbocycles. The maximum Gasteiger partial charge on any atom is 0.212 e. The van der Waals surface area contributed by atoms with Crippen molar-refractivity contribution in [1.29, 1.82) is 0 Å². The van der Waals surface area contributed by atoms with Crippen molar-refractivity contribution in [3.05, 3.63) is 0 Å². The lowest BCUT2D eigenvalue weighted by molar-refractivity contribution is 0.389. The standard InChI is InChI=1S/C13H26N2O2S/c1-10-5-6-13(11(10)2)15-18(16,17)9-12-4-3-7-14-8-12/h10-15H,3-9H2,1-2H3. The van der Waals surface area contributed by atoms with Gasteiger partial charge in [-0.3, -0.25) is 0 Å². The van der Waals surface area contributed by atoms with Crippen LogP contribution in [0.3, 0.4) is 0 Å². The molecule has 2 N–H and O–H groups in total. The van der Waals surface area contributed by atoms with Crippen molar-refractivity contribution in [3.63, 3.8) is 0 Å². The van der Waals surface area contributed by atoms with E-state index in [0.29, 0.717) is 11.8 Å². The molecule has 0 radical (unpaired) electrons. The fraction of sp³-hybridized carbons (Fsp3) is 1.00. The van der Waals surface area contributed by atoms with Crippen molar-refractivity contribution in [1.82, 2.24) is 10.0 Å². The maximum absolute atomic E-state index is 12.2. The molecule has 0 aromatic rings. The van der Waals surface area contributed by atoms with Crippen molar-refractivity contribution >= 4 is 10.0 Å². The second-order valence-electron chi connectivity index (χ2n) is 6.13. The summed E-state index contributed by atoms with van der Waals surface area (Å²) in [6.45, 7) is 6.25. The minimum absolute atomic E-state index is 0.154. The third-order valence-electron chi connectivity index (χ3n) is 4.65. The van der Waals surface area contributed by atoms with Crippen LogP contribution >= 0.6 is 0 Å². The van der Waals surface area contributed by atoms with Gasteiger partial charge in [-0.15, -0.1) is 0 Å². The van der Waals surface area contributed by atoms with E-state index in [1.165, 1.54) is 0 Å². The highest BCUT2D eigenvalue weighted by atomic mass is 32.2. The average molecular weight is 274 g/mol. The second-order valence-corrected chi connectivity index (χ2v) is 7.93. The molecular formula is C13H26N2O2S. The Labute approximate surface area is 111 Å². The van der Waals surface area contributed by atoms with Crippen LogP contribution in [0.1, 0.15) is 39.5 Å². The quantitative estimate of drug-likeness (QED) is 0.813. The van der Waals surface area contributed by atoms with Crippen LogP contribution in [0.25, 0.3) is 0 Å². The average Bonchev–Trinajstić information content (AvgIpc) is 2.61. The first-order valence-corrected chi connectivity index (χ1v) is 8.84. The predicted octanol–water partition coefficient (Wildman–Crippen LogP) is 1.34. The monoisotopic (exact) mass is 274 g/mol. The number of hydrogen-bond acceptors (Lipinski definition) is 3. The summed E-state index contributed by atoms with van der Waals surface area (Å²) >= 11 is 0. The first kappa shape index (κ1) is 14.3. The molecule has 4 atom stereocenters. The molecule has 1 aliphatic carbocycles. The first-order valence-electron chi connectivity index (χ1n) is 7.18. The third kappa shape index (κ3) is 3.68. The third-order valence-corrected chi connectivity index (χ3v) is 6.22. The van der Waals surface area contributed by atoms with Crippen LogP contribution in [0.2, 0.25) is 0 Å². The molecule has 0 amide bonds. The SMILES string of the molecule is CC1CCC(NS(=O)(=O)CC2CCCNC2)C1C. The fourth-order valence-corrected chi connectivity index (χ4v) is 4.98. The lowest BCUT2D eigenvalue weighted by Gasteiger charge is -2.25. The van der Waals surface area contributed by atoms with Crippen LogP contribution in [0.5, 0.6) is 0 Å². The van der Waals surface area contributed by atoms with Crippen molar-refractivity contribution < 1.29 is 8.42 Å². The highest BCUT2D eigenvalue weighted by Gasteiger charge is 2.33. The van der Waals surface area contributed by atoms with Gasteiger partial charge in [-0.1, -0.05) is 13.8 Å². The lowest BCUT2D eigenvalue weighted by atomic mass is 9.98. The summed E-state index contributed by atoms with van der Waals surface area (Å²) in [6.07, 6.45) is 4.26. The highest BCUT2D eigenvalue weighted by Crippen LogP contribution is 2.31. The molecule has 2 rings (SSSR count). The Kier molecular flexibility index (Phi) is 4.67. The van der Waals surface area contributed by atoms with Gasteiger partial charge in [0, 0.05) is 6.04 Å². The van der Waals surface area contributed by atoms with E-state index >= 15 is 0 Å². The molecule has 4 nitrogen and oxygen atoms in total. The van der Waals surface area contributed by atoms with Gasteiger partial charge in [-0.25, -0.2) is 13.1 Å². The molecule has 1 saturated heterocycles. The molecule has 0 spiro atoms. The van der Waals surface area contributed by atoms with Gasteiger partial charge in [0.1, 0.15) is 0 Å². The molecule has 5 heteroatoms. The van der Waals surface area contributed by atoms with E-state index in [1.807, 2.05) is 0 Å². The molecule has 0 bridgehead atoms. The van der Waals surface area contributed by atoms with Gasteiger partial charge >= 0.3 is 0 Å². The summed E-state index contributed by atoms with van der Waals surface area (Å²) in [5.74, 6) is 1.67. The Bertz CT molecular complexity index is 363. The van der Waals surface area contributed by atoms with Gasteiger partial charge in [-0.2, -0.15) is 0 Å². The fourth-order valence-electron chi connectivity index (χ4n) is 3.19. The van der Waals surface area contributed by atoms with Gasteiger partial charge in [-0.05, 0) is 56.5 Å². The minimum Gasteiger partial charge on any atom is -0.316 e. The Hall–Kier alpha value is -0.130. The summed E-state index contributed by atoms with van der Waals surface area (Å²) in [5, 5.41) is 3.27. The van der Waals surface area contributed by atoms with Crippen molar-refractivity contribution in [2.45, 2.75) is 45.6 Å². The lowest BCUT2D eigenvalue weighted by Crippen LogP contribution is -2.42. The Balaban J connectivity index is 1.87. The normalized spacial score (nSPS) is 37.9. The Morgan fingerprint density at radius 1 is 1.22 bits per heavy atom. The van der Waals surface area contributed by atoms with Crippen LogP contribution in [-0.4, -0.2) is 33.3 Å². The molecule has 106 valence electrons. The smallest absolute Gasteiger partial charge is 0.212 e. The summed E-state index contributed by atoms with van der Waals surface area (Å²) in [4.78, 5) is 0. The van der Waals surface area contributed by atoms with E-state index in [4.69, 9.17) is 0 Å². The summed E-state index contributed by atoms with van der Waals surface area (Å²) < 4.78 is 27.3. The Morgan fingerprint density at radius 2 is 2.00 bits per heavy atom. The number of rotatable bonds is 4. The highest BCUT2D eigenvalue weighted by molar-refractivity contribution is 7.89. The number of hydrogen-bond donors (Lipinski definition) is 2. The van der Waals surface area contributed by atoms with Gasteiger partial charge in [0.05, 0.1) is 5.75 Å². The van der Waals surface area contributed by atoms with E-state index in [-0.39, 0.29) is 17.7 Å². The molecular weight excluding hydrogens is 248 g/mol. The zero-order chi connectivity index (χ0) is 13.2. The van der Waals surface area contributed by atoms with Crippen LogP contribution in [0, 0.1) is 17.8 Å².